The van der Waals surface area contributed by atoms with Gasteiger partial charge in [0.2, 0.25) is 0 Å². The molecule has 0 saturated heterocycles. The van der Waals surface area contributed by atoms with Crippen molar-refractivity contribution < 1.29 is 4.79 Å². The average molecular weight is 217 g/mol. The lowest BCUT2D eigenvalue weighted by atomic mass is 9.86. The fourth-order valence-electron chi connectivity index (χ4n) is 1.39. The minimum absolute atomic E-state index is 0.253. The van der Waals surface area contributed by atoms with E-state index >= 15 is 0 Å². The highest BCUT2D eigenvalue weighted by Gasteiger charge is 2.29. The Kier molecular flexibility index (Phi) is 2.53. The maximum atomic E-state index is 10.7. The SMILES string of the molecule is CC1=C(C)C[C@@](Br)(C=O)CC1. The van der Waals surface area contributed by atoms with Gasteiger partial charge in [-0.2, -0.15) is 0 Å². The third-order valence-electron chi connectivity index (χ3n) is 2.41. The third-order valence-corrected chi connectivity index (χ3v) is 3.28. The molecule has 0 radical (unpaired) electrons. The van der Waals surface area contributed by atoms with Crippen LogP contribution in [-0.2, 0) is 4.79 Å². The molecule has 0 fully saturated rings. The van der Waals surface area contributed by atoms with E-state index in [0.29, 0.717) is 0 Å². The van der Waals surface area contributed by atoms with Gasteiger partial charge in [-0.1, -0.05) is 27.1 Å². The summed E-state index contributed by atoms with van der Waals surface area (Å²) in [4.78, 5) is 10.7. The van der Waals surface area contributed by atoms with Crippen molar-refractivity contribution in [2.75, 3.05) is 0 Å². The van der Waals surface area contributed by atoms with E-state index in [-0.39, 0.29) is 4.32 Å². The number of carbonyl (C=O) groups is 1. The molecule has 0 aromatic rings. The molecule has 0 N–H and O–H groups in total. The van der Waals surface area contributed by atoms with E-state index in [1.165, 1.54) is 11.1 Å². The number of rotatable bonds is 1. The van der Waals surface area contributed by atoms with E-state index in [1.807, 2.05) is 0 Å². The Balaban J connectivity index is 2.78. The number of aldehydes is 1. The van der Waals surface area contributed by atoms with Crippen LogP contribution in [0.2, 0.25) is 0 Å². The Bertz CT molecular complexity index is 208. The molecule has 0 bridgehead atoms. The highest BCUT2D eigenvalue weighted by molar-refractivity contribution is 9.10. The number of carbonyl (C=O) groups excluding carboxylic acids is 1. The molecule has 62 valence electrons. The molecular weight excluding hydrogens is 204 g/mol. The van der Waals surface area contributed by atoms with Crippen LogP contribution in [0.4, 0.5) is 0 Å². The normalized spacial score (nSPS) is 32.3. The summed E-state index contributed by atoms with van der Waals surface area (Å²) in [6, 6.07) is 0. The molecule has 0 aromatic heterocycles. The van der Waals surface area contributed by atoms with Crippen LogP contribution in [0.1, 0.15) is 33.1 Å². The summed E-state index contributed by atoms with van der Waals surface area (Å²) in [5.74, 6) is 0. The maximum Gasteiger partial charge on any atom is 0.137 e. The van der Waals surface area contributed by atoms with Crippen molar-refractivity contribution in [3.63, 3.8) is 0 Å². The molecule has 11 heavy (non-hydrogen) atoms. The highest BCUT2D eigenvalue weighted by Crippen LogP contribution is 2.36. The van der Waals surface area contributed by atoms with Crippen molar-refractivity contribution in [1.82, 2.24) is 0 Å². The van der Waals surface area contributed by atoms with Crippen molar-refractivity contribution >= 4 is 22.2 Å². The van der Waals surface area contributed by atoms with Gasteiger partial charge in [0, 0.05) is 0 Å². The Labute approximate surface area is 76.0 Å². The van der Waals surface area contributed by atoms with Gasteiger partial charge in [-0.05, 0) is 33.1 Å². The van der Waals surface area contributed by atoms with Gasteiger partial charge in [-0.15, -0.1) is 0 Å². The fraction of sp³-hybridized carbons (Fsp3) is 0.667. The lowest BCUT2D eigenvalue weighted by Crippen LogP contribution is -2.26. The van der Waals surface area contributed by atoms with Gasteiger partial charge in [0.05, 0.1) is 4.32 Å². The van der Waals surface area contributed by atoms with E-state index in [1.54, 1.807) is 0 Å². The van der Waals surface area contributed by atoms with Gasteiger partial charge in [-0.25, -0.2) is 0 Å². The monoisotopic (exact) mass is 216 g/mol. The van der Waals surface area contributed by atoms with Gasteiger partial charge in [0.25, 0.3) is 0 Å². The van der Waals surface area contributed by atoms with Crippen molar-refractivity contribution in [3.8, 4) is 0 Å². The Hall–Kier alpha value is -0.110. The molecule has 2 heteroatoms. The zero-order chi connectivity index (χ0) is 8.48. The van der Waals surface area contributed by atoms with Crippen LogP contribution < -0.4 is 0 Å². The minimum Gasteiger partial charge on any atom is -0.302 e. The summed E-state index contributed by atoms with van der Waals surface area (Å²) in [6.45, 7) is 4.25. The Morgan fingerprint density at radius 3 is 2.55 bits per heavy atom. The van der Waals surface area contributed by atoms with E-state index < -0.39 is 0 Å². The topological polar surface area (TPSA) is 17.1 Å². The number of halogens is 1. The van der Waals surface area contributed by atoms with E-state index in [2.05, 4.69) is 29.8 Å². The van der Waals surface area contributed by atoms with E-state index in [9.17, 15) is 4.79 Å². The smallest absolute Gasteiger partial charge is 0.137 e. The van der Waals surface area contributed by atoms with Gasteiger partial charge in [-0.3, -0.25) is 0 Å². The Morgan fingerprint density at radius 1 is 1.45 bits per heavy atom. The van der Waals surface area contributed by atoms with Gasteiger partial charge < -0.3 is 4.79 Å². The predicted molar refractivity (Wildman–Crippen MR) is 49.9 cm³/mol. The first kappa shape index (κ1) is 8.98. The van der Waals surface area contributed by atoms with Crippen LogP contribution in [0.15, 0.2) is 11.1 Å². The molecule has 0 unspecified atom stereocenters. The van der Waals surface area contributed by atoms with Crippen LogP contribution in [0.3, 0.4) is 0 Å². The standard InChI is InChI=1S/C9H13BrO/c1-7-3-4-9(10,6-11)5-8(7)2/h6H,3-5H2,1-2H3/t9-/m1/s1. The molecule has 0 spiro atoms. The lowest BCUT2D eigenvalue weighted by molar-refractivity contribution is -0.109. The van der Waals surface area contributed by atoms with Gasteiger partial charge in [0.15, 0.2) is 0 Å². The van der Waals surface area contributed by atoms with Gasteiger partial charge >= 0.3 is 0 Å². The molecular formula is C9H13BrO. The van der Waals surface area contributed by atoms with E-state index in [0.717, 1.165) is 25.5 Å². The number of hydrogen-bond acceptors (Lipinski definition) is 1. The number of hydrogen-bond donors (Lipinski definition) is 0. The second kappa shape index (κ2) is 3.10. The summed E-state index contributed by atoms with van der Waals surface area (Å²) in [7, 11) is 0. The lowest BCUT2D eigenvalue weighted by Gasteiger charge is -2.27. The van der Waals surface area contributed by atoms with Crippen molar-refractivity contribution in [1.29, 1.82) is 0 Å². The quantitative estimate of drug-likeness (QED) is 0.375. The zero-order valence-corrected chi connectivity index (χ0v) is 8.57. The first-order valence-corrected chi connectivity index (χ1v) is 4.67. The molecule has 0 aromatic carbocycles. The molecule has 0 heterocycles. The molecule has 1 rings (SSSR count). The van der Waals surface area contributed by atoms with Crippen molar-refractivity contribution in [2.24, 2.45) is 0 Å². The van der Waals surface area contributed by atoms with Crippen molar-refractivity contribution in [3.05, 3.63) is 11.1 Å². The average Bonchev–Trinajstić information content (AvgIpc) is 1.98. The summed E-state index contributed by atoms with van der Waals surface area (Å²) in [5.41, 5.74) is 2.81. The molecule has 1 aliphatic carbocycles. The van der Waals surface area contributed by atoms with Crippen LogP contribution in [0, 0.1) is 0 Å². The highest BCUT2D eigenvalue weighted by atomic mass is 79.9. The van der Waals surface area contributed by atoms with Crippen LogP contribution in [0.25, 0.3) is 0 Å². The van der Waals surface area contributed by atoms with E-state index in [4.69, 9.17) is 0 Å². The maximum absolute atomic E-state index is 10.7. The third kappa shape index (κ3) is 1.92. The fourth-order valence-corrected chi connectivity index (χ4v) is 2.01. The van der Waals surface area contributed by atoms with Crippen LogP contribution in [0.5, 0.6) is 0 Å². The number of allylic oxidation sites excluding steroid dienone is 2. The first-order chi connectivity index (χ1) is 5.07. The van der Waals surface area contributed by atoms with Crippen LogP contribution >= 0.6 is 15.9 Å². The summed E-state index contributed by atoms with van der Waals surface area (Å²) < 4.78 is -0.253. The summed E-state index contributed by atoms with van der Waals surface area (Å²) in [5, 5.41) is 0. The first-order valence-electron chi connectivity index (χ1n) is 3.88. The number of alkyl halides is 1. The second-order valence-corrected chi connectivity index (χ2v) is 4.97. The Morgan fingerprint density at radius 2 is 2.09 bits per heavy atom. The minimum atomic E-state index is -0.253. The second-order valence-electron chi connectivity index (χ2n) is 3.39. The molecule has 0 amide bonds. The van der Waals surface area contributed by atoms with Crippen LogP contribution in [-0.4, -0.2) is 10.6 Å². The molecule has 0 aliphatic heterocycles. The summed E-state index contributed by atoms with van der Waals surface area (Å²) in [6.07, 6.45) is 3.90. The van der Waals surface area contributed by atoms with Gasteiger partial charge in [0.1, 0.15) is 6.29 Å². The summed E-state index contributed by atoms with van der Waals surface area (Å²) >= 11 is 3.46. The molecule has 0 saturated carbocycles. The largest absolute Gasteiger partial charge is 0.302 e. The molecule has 1 aliphatic rings. The molecule has 1 nitrogen and oxygen atoms in total. The van der Waals surface area contributed by atoms with Crippen molar-refractivity contribution in [2.45, 2.75) is 37.4 Å². The zero-order valence-electron chi connectivity index (χ0n) is 6.98. The predicted octanol–water partition coefficient (Wildman–Crippen LogP) is 2.84. The molecule has 1 atom stereocenters.